The first-order chi connectivity index (χ1) is 10.2. The van der Waals surface area contributed by atoms with Gasteiger partial charge in [-0.15, -0.1) is 0 Å². The lowest BCUT2D eigenvalue weighted by molar-refractivity contribution is -0.136. The van der Waals surface area contributed by atoms with Gasteiger partial charge in [0, 0.05) is 25.1 Å². The molecule has 0 spiro atoms. The summed E-state index contributed by atoms with van der Waals surface area (Å²) in [5, 5.41) is 22.1. The molecule has 1 fully saturated rings. The molecule has 0 atom stereocenters. The molecular weight excluding hydrogens is 266 g/mol. The molecule has 1 aromatic carbocycles. The van der Waals surface area contributed by atoms with E-state index in [2.05, 4.69) is 5.32 Å². The van der Waals surface area contributed by atoms with Crippen LogP contribution in [-0.4, -0.2) is 29.3 Å². The summed E-state index contributed by atoms with van der Waals surface area (Å²) in [5.41, 5.74) is 1.91. The van der Waals surface area contributed by atoms with Crippen molar-refractivity contribution in [2.45, 2.75) is 45.1 Å². The van der Waals surface area contributed by atoms with Crippen LogP contribution in [0.3, 0.4) is 0 Å². The number of carboxylic acid groups (broad SMARTS) is 1. The molecule has 0 saturated heterocycles. The molecule has 116 valence electrons. The van der Waals surface area contributed by atoms with Crippen LogP contribution < -0.4 is 5.32 Å². The monoisotopic (exact) mass is 291 g/mol. The molecule has 0 unspecified atom stereocenters. The van der Waals surface area contributed by atoms with Crippen LogP contribution in [0, 0.1) is 5.41 Å². The molecule has 0 aromatic heterocycles. The van der Waals surface area contributed by atoms with E-state index in [1.165, 1.54) is 19.3 Å². The highest BCUT2D eigenvalue weighted by molar-refractivity contribution is 5.70. The normalized spacial score (nSPS) is 17.6. The fraction of sp³-hybridized carbons (Fsp3) is 0.588. The molecule has 1 aliphatic rings. The maximum atomic E-state index is 10.9. The van der Waals surface area contributed by atoms with Gasteiger partial charge in [-0.05, 0) is 24.0 Å². The molecular formula is C17H25NO3. The van der Waals surface area contributed by atoms with Crippen LogP contribution in [0.25, 0.3) is 0 Å². The average Bonchev–Trinajstić information content (AvgIpc) is 2.49. The number of carboxylic acids is 1. The first-order valence-corrected chi connectivity index (χ1v) is 7.75. The van der Waals surface area contributed by atoms with Crippen molar-refractivity contribution in [2.75, 3.05) is 13.2 Å². The topological polar surface area (TPSA) is 69.6 Å². The second kappa shape index (κ2) is 7.57. The average molecular weight is 291 g/mol. The first kappa shape index (κ1) is 16.0. The summed E-state index contributed by atoms with van der Waals surface area (Å²) in [4.78, 5) is 10.9. The minimum Gasteiger partial charge on any atom is -0.481 e. The van der Waals surface area contributed by atoms with E-state index in [1.54, 1.807) is 0 Å². The lowest BCUT2D eigenvalue weighted by atomic mass is 9.74. The largest absolute Gasteiger partial charge is 0.481 e. The lowest BCUT2D eigenvalue weighted by Gasteiger charge is -2.36. The SMILES string of the molecule is O=C(O)Cc1ccccc1CNCC1(CO)CCCCC1. The smallest absolute Gasteiger partial charge is 0.307 e. The molecule has 0 heterocycles. The second-order valence-corrected chi connectivity index (χ2v) is 6.16. The van der Waals surface area contributed by atoms with E-state index in [-0.39, 0.29) is 18.4 Å². The van der Waals surface area contributed by atoms with Crippen LogP contribution in [0.1, 0.15) is 43.2 Å². The maximum absolute atomic E-state index is 10.9. The highest BCUT2D eigenvalue weighted by Crippen LogP contribution is 2.35. The first-order valence-electron chi connectivity index (χ1n) is 7.75. The third-order valence-corrected chi connectivity index (χ3v) is 4.53. The number of aliphatic carboxylic acids is 1. The third-order valence-electron chi connectivity index (χ3n) is 4.53. The molecule has 1 aromatic rings. The Labute approximate surface area is 126 Å². The number of benzene rings is 1. The fourth-order valence-corrected chi connectivity index (χ4v) is 3.22. The molecule has 0 radical (unpaired) electrons. The fourth-order valence-electron chi connectivity index (χ4n) is 3.22. The minimum atomic E-state index is -0.804. The van der Waals surface area contributed by atoms with Crippen molar-refractivity contribution in [3.8, 4) is 0 Å². The van der Waals surface area contributed by atoms with Crippen molar-refractivity contribution < 1.29 is 15.0 Å². The van der Waals surface area contributed by atoms with Crippen LogP contribution >= 0.6 is 0 Å². The van der Waals surface area contributed by atoms with Gasteiger partial charge in [0.15, 0.2) is 0 Å². The van der Waals surface area contributed by atoms with Crippen molar-refractivity contribution in [2.24, 2.45) is 5.41 Å². The Morgan fingerprint density at radius 2 is 1.81 bits per heavy atom. The van der Waals surface area contributed by atoms with Gasteiger partial charge < -0.3 is 15.5 Å². The van der Waals surface area contributed by atoms with E-state index in [9.17, 15) is 9.90 Å². The quantitative estimate of drug-likeness (QED) is 0.721. The molecule has 3 N–H and O–H groups in total. The van der Waals surface area contributed by atoms with Crippen molar-refractivity contribution in [3.05, 3.63) is 35.4 Å². The van der Waals surface area contributed by atoms with Crippen LogP contribution in [0.4, 0.5) is 0 Å². The Morgan fingerprint density at radius 3 is 2.43 bits per heavy atom. The number of aliphatic hydroxyl groups excluding tert-OH is 1. The second-order valence-electron chi connectivity index (χ2n) is 6.16. The zero-order valence-corrected chi connectivity index (χ0v) is 12.5. The predicted molar refractivity (Wildman–Crippen MR) is 82.1 cm³/mol. The molecule has 2 rings (SSSR count). The van der Waals surface area contributed by atoms with Gasteiger partial charge in [-0.2, -0.15) is 0 Å². The Bertz CT molecular complexity index is 467. The Morgan fingerprint density at radius 1 is 1.14 bits per heavy atom. The Hall–Kier alpha value is -1.39. The van der Waals surface area contributed by atoms with E-state index in [0.717, 1.165) is 30.5 Å². The number of nitrogens with one attached hydrogen (secondary N) is 1. The zero-order chi connectivity index (χ0) is 15.1. The highest BCUT2D eigenvalue weighted by atomic mass is 16.4. The molecule has 21 heavy (non-hydrogen) atoms. The van der Waals surface area contributed by atoms with E-state index in [1.807, 2.05) is 24.3 Å². The van der Waals surface area contributed by atoms with E-state index >= 15 is 0 Å². The zero-order valence-electron chi connectivity index (χ0n) is 12.5. The molecule has 0 amide bonds. The summed E-state index contributed by atoms with van der Waals surface area (Å²) in [6, 6.07) is 7.65. The van der Waals surface area contributed by atoms with Crippen LogP contribution in [0.2, 0.25) is 0 Å². The summed E-state index contributed by atoms with van der Waals surface area (Å²) >= 11 is 0. The summed E-state index contributed by atoms with van der Waals surface area (Å²) in [6.07, 6.45) is 5.86. The summed E-state index contributed by atoms with van der Waals surface area (Å²) < 4.78 is 0. The van der Waals surface area contributed by atoms with Gasteiger partial charge in [0.05, 0.1) is 6.42 Å². The van der Waals surface area contributed by atoms with Crippen molar-refractivity contribution in [3.63, 3.8) is 0 Å². The summed E-state index contributed by atoms with van der Waals surface area (Å²) in [5.74, 6) is -0.804. The standard InChI is InChI=1S/C17H25NO3/c19-13-17(8-4-1-5-9-17)12-18-11-15-7-3-2-6-14(15)10-16(20)21/h2-3,6-7,18-19H,1,4-5,8-13H2,(H,20,21). The lowest BCUT2D eigenvalue weighted by Crippen LogP contribution is -2.39. The third kappa shape index (κ3) is 4.55. The van der Waals surface area contributed by atoms with E-state index in [0.29, 0.717) is 6.54 Å². The van der Waals surface area contributed by atoms with Crippen LogP contribution in [0.5, 0.6) is 0 Å². The van der Waals surface area contributed by atoms with Crippen molar-refractivity contribution in [1.29, 1.82) is 0 Å². The predicted octanol–water partition coefficient (Wildman–Crippen LogP) is 2.35. The number of aliphatic hydroxyl groups is 1. The number of carbonyl (C=O) groups is 1. The minimum absolute atomic E-state index is 0.0139. The number of hydrogen-bond donors (Lipinski definition) is 3. The molecule has 1 aliphatic carbocycles. The summed E-state index contributed by atoms with van der Waals surface area (Å²) in [7, 11) is 0. The highest BCUT2D eigenvalue weighted by Gasteiger charge is 2.30. The van der Waals surface area contributed by atoms with Crippen LogP contribution in [0.15, 0.2) is 24.3 Å². The van der Waals surface area contributed by atoms with Crippen molar-refractivity contribution >= 4 is 5.97 Å². The molecule has 4 nitrogen and oxygen atoms in total. The van der Waals surface area contributed by atoms with Gasteiger partial charge in [0.2, 0.25) is 0 Å². The Kier molecular flexibility index (Phi) is 5.76. The maximum Gasteiger partial charge on any atom is 0.307 e. The molecule has 1 saturated carbocycles. The van der Waals surface area contributed by atoms with Gasteiger partial charge >= 0.3 is 5.97 Å². The van der Waals surface area contributed by atoms with Gasteiger partial charge in [-0.25, -0.2) is 0 Å². The molecule has 4 heteroatoms. The van der Waals surface area contributed by atoms with Gasteiger partial charge in [0.25, 0.3) is 0 Å². The number of rotatable bonds is 7. The number of hydrogen-bond acceptors (Lipinski definition) is 3. The van der Waals surface area contributed by atoms with E-state index in [4.69, 9.17) is 5.11 Å². The Balaban J connectivity index is 1.92. The van der Waals surface area contributed by atoms with Gasteiger partial charge in [-0.1, -0.05) is 43.5 Å². The van der Waals surface area contributed by atoms with Crippen LogP contribution in [-0.2, 0) is 17.8 Å². The van der Waals surface area contributed by atoms with Gasteiger partial charge in [-0.3, -0.25) is 4.79 Å². The van der Waals surface area contributed by atoms with Gasteiger partial charge in [0.1, 0.15) is 0 Å². The van der Waals surface area contributed by atoms with Crippen molar-refractivity contribution in [1.82, 2.24) is 5.32 Å². The molecule has 0 aliphatic heterocycles. The van der Waals surface area contributed by atoms with E-state index < -0.39 is 5.97 Å². The summed E-state index contributed by atoms with van der Waals surface area (Å²) in [6.45, 7) is 1.69. The molecule has 0 bridgehead atoms.